The second-order valence-corrected chi connectivity index (χ2v) is 4.50. The number of alkyl halides is 2. The molecule has 0 aromatic carbocycles. The van der Waals surface area contributed by atoms with Gasteiger partial charge in [0.1, 0.15) is 5.15 Å². The van der Waals surface area contributed by atoms with Gasteiger partial charge in [0.15, 0.2) is 0 Å². The van der Waals surface area contributed by atoms with Crippen LogP contribution in [0.1, 0.15) is 17.9 Å². The average molecular weight is 236 g/mol. The third-order valence-corrected chi connectivity index (χ3v) is 3.05. The summed E-state index contributed by atoms with van der Waals surface area (Å²) in [6, 6.07) is 3.20. The van der Waals surface area contributed by atoms with Crippen LogP contribution in [0.3, 0.4) is 0 Å². The minimum Gasteiger partial charge on any atom is -0.230 e. The van der Waals surface area contributed by atoms with Crippen molar-refractivity contribution >= 4 is 23.4 Å². The molecule has 0 aliphatic heterocycles. The van der Waals surface area contributed by atoms with Gasteiger partial charge in [0, 0.05) is 6.42 Å². The minimum absolute atomic E-state index is 0.0683. The molecule has 0 N–H and O–H groups in total. The first-order valence-corrected chi connectivity index (χ1v) is 5.72. The maximum atomic E-state index is 12.8. The maximum absolute atomic E-state index is 12.8. The first-order chi connectivity index (χ1) is 6.53. The number of hydrogen-bond donors (Lipinski definition) is 0. The van der Waals surface area contributed by atoms with Gasteiger partial charge in [-0.15, -0.1) is 11.8 Å². The number of rotatable bonds is 2. The molecule has 0 amide bonds. The largest absolute Gasteiger partial charge is 0.255 e. The number of pyridine rings is 1. The predicted octanol–water partition coefficient (Wildman–Crippen LogP) is 3.58. The van der Waals surface area contributed by atoms with Crippen LogP contribution in [0.2, 0.25) is 5.15 Å². The lowest BCUT2D eigenvalue weighted by Gasteiger charge is -2.02. The summed E-state index contributed by atoms with van der Waals surface area (Å²) < 4.78 is 25.6. The molecule has 14 heavy (non-hydrogen) atoms. The molecule has 1 aromatic rings. The highest BCUT2D eigenvalue weighted by molar-refractivity contribution is 7.98. The van der Waals surface area contributed by atoms with E-state index in [1.165, 1.54) is 17.8 Å². The van der Waals surface area contributed by atoms with Gasteiger partial charge in [-0.05, 0) is 24.0 Å². The number of hydrogen-bond acceptors (Lipinski definition) is 2. The summed E-state index contributed by atoms with van der Waals surface area (Å²) in [5, 5.41) is 0.977. The first-order valence-electron chi connectivity index (χ1n) is 4.12. The Hall–Kier alpha value is -0.350. The lowest BCUT2D eigenvalue weighted by Crippen LogP contribution is -1.94. The Morgan fingerprint density at radius 3 is 2.71 bits per heavy atom. The molecule has 1 nitrogen and oxygen atoms in total. The Labute approximate surface area is 89.9 Å². The van der Waals surface area contributed by atoms with Crippen LogP contribution in [0.4, 0.5) is 8.78 Å². The van der Waals surface area contributed by atoms with Crippen molar-refractivity contribution in [1.82, 2.24) is 4.98 Å². The zero-order valence-corrected chi connectivity index (χ0v) is 9.00. The van der Waals surface area contributed by atoms with Gasteiger partial charge >= 0.3 is 0 Å². The summed E-state index contributed by atoms with van der Waals surface area (Å²) >= 11 is 7.13. The first kappa shape index (κ1) is 10.2. The van der Waals surface area contributed by atoms with Gasteiger partial charge < -0.3 is 0 Å². The van der Waals surface area contributed by atoms with Crippen LogP contribution in [-0.2, 0) is 0 Å². The standard InChI is InChI=1S/C9H8ClF2NS/c1-14-8-3-5(2-7(10)13-8)6-4-9(6,11)12/h2-3,6H,4H2,1H3. The topological polar surface area (TPSA) is 12.9 Å². The Bertz CT molecular complexity index is 370. The van der Waals surface area contributed by atoms with Crippen molar-refractivity contribution in [2.24, 2.45) is 0 Å². The van der Waals surface area contributed by atoms with Gasteiger partial charge in [-0.2, -0.15) is 0 Å². The van der Waals surface area contributed by atoms with Crippen LogP contribution < -0.4 is 0 Å². The molecule has 1 fully saturated rings. The Morgan fingerprint density at radius 1 is 1.57 bits per heavy atom. The average Bonchev–Trinajstić information content (AvgIpc) is 2.74. The zero-order valence-electron chi connectivity index (χ0n) is 7.43. The fraction of sp³-hybridized carbons (Fsp3) is 0.444. The van der Waals surface area contributed by atoms with Crippen molar-refractivity contribution in [1.29, 1.82) is 0 Å². The van der Waals surface area contributed by atoms with Gasteiger partial charge in [-0.3, -0.25) is 0 Å². The molecule has 1 aliphatic carbocycles. The predicted molar refractivity (Wildman–Crippen MR) is 53.3 cm³/mol. The highest BCUT2D eigenvalue weighted by Crippen LogP contribution is 2.56. The molecule has 1 aliphatic rings. The molecular weight excluding hydrogens is 228 g/mol. The second-order valence-electron chi connectivity index (χ2n) is 3.28. The van der Waals surface area contributed by atoms with Crippen LogP contribution >= 0.6 is 23.4 Å². The van der Waals surface area contributed by atoms with Crippen LogP contribution in [0, 0.1) is 0 Å². The monoisotopic (exact) mass is 235 g/mol. The molecule has 1 unspecified atom stereocenters. The smallest absolute Gasteiger partial charge is 0.230 e. The summed E-state index contributed by atoms with van der Waals surface area (Å²) in [6.45, 7) is 0. The molecule has 0 spiro atoms. The van der Waals surface area contributed by atoms with E-state index in [0.29, 0.717) is 10.6 Å². The molecule has 2 rings (SSSR count). The maximum Gasteiger partial charge on any atom is 0.255 e. The highest BCUT2D eigenvalue weighted by atomic mass is 35.5. The van der Waals surface area contributed by atoms with Crippen LogP contribution in [0.25, 0.3) is 0 Å². The molecule has 0 radical (unpaired) electrons. The summed E-state index contributed by atoms with van der Waals surface area (Å²) in [4.78, 5) is 3.99. The van der Waals surface area contributed by atoms with E-state index in [1.54, 1.807) is 6.07 Å². The number of halogens is 3. The zero-order chi connectivity index (χ0) is 10.3. The normalized spacial score (nSPS) is 23.6. The fourth-order valence-corrected chi connectivity index (χ4v) is 2.08. The van der Waals surface area contributed by atoms with Gasteiger partial charge in [-0.25, -0.2) is 13.8 Å². The van der Waals surface area contributed by atoms with Crippen molar-refractivity contribution < 1.29 is 8.78 Å². The molecule has 0 bridgehead atoms. The third kappa shape index (κ3) is 1.86. The quantitative estimate of drug-likeness (QED) is 0.574. The van der Waals surface area contributed by atoms with Crippen molar-refractivity contribution in [3.05, 3.63) is 22.8 Å². The summed E-state index contributed by atoms with van der Waals surface area (Å²) in [5.41, 5.74) is 0.597. The SMILES string of the molecule is CSc1cc(C2CC2(F)F)cc(Cl)n1. The molecule has 1 atom stereocenters. The number of aromatic nitrogens is 1. The summed E-state index contributed by atoms with van der Waals surface area (Å²) in [7, 11) is 0. The van der Waals surface area contributed by atoms with E-state index < -0.39 is 11.8 Å². The Kier molecular flexibility index (Phi) is 2.43. The van der Waals surface area contributed by atoms with E-state index in [-0.39, 0.29) is 11.6 Å². The van der Waals surface area contributed by atoms with E-state index in [2.05, 4.69) is 4.98 Å². The molecular formula is C9H8ClF2NS. The molecule has 1 aromatic heterocycles. The van der Waals surface area contributed by atoms with E-state index in [4.69, 9.17) is 11.6 Å². The van der Waals surface area contributed by atoms with Crippen molar-refractivity contribution in [2.75, 3.05) is 6.26 Å². The summed E-state index contributed by atoms with van der Waals surface area (Å²) in [6.07, 6.45) is 1.77. The third-order valence-electron chi connectivity index (χ3n) is 2.23. The summed E-state index contributed by atoms with van der Waals surface area (Å²) in [5.74, 6) is -3.20. The fourth-order valence-electron chi connectivity index (χ4n) is 1.37. The number of thioether (sulfide) groups is 1. The van der Waals surface area contributed by atoms with Crippen LogP contribution in [-0.4, -0.2) is 17.2 Å². The molecule has 1 heterocycles. The molecule has 1 saturated carbocycles. The van der Waals surface area contributed by atoms with E-state index >= 15 is 0 Å². The van der Waals surface area contributed by atoms with Crippen molar-refractivity contribution in [2.45, 2.75) is 23.3 Å². The van der Waals surface area contributed by atoms with Crippen LogP contribution in [0.5, 0.6) is 0 Å². The van der Waals surface area contributed by atoms with Crippen LogP contribution in [0.15, 0.2) is 17.2 Å². The van der Waals surface area contributed by atoms with Gasteiger partial charge in [0.25, 0.3) is 5.92 Å². The van der Waals surface area contributed by atoms with E-state index in [0.717, 1.165) is 0 Å². The molecule has 0 saturated heterocycles. The van der Waals surface area contributed by atoms with Crippen molar-refractivity contribution in [3.8, 4) is 0 Å². The highest BCUT2D eigenvalue weighted by Gasteiger charge is 2.57. The lowest BCUT2D eigenvalue weighted by atomic mass is 10.2. The van der Waals surface area contributed by atoms with Gasteiger partial charge in [0.05, 0.1) is 10.9 Å². The van der Waals surface area contributed by atoms with E-state index in [9.17, 15) is 8.78 Å². The molecule has 76 valence electrons. The van der Waals surface area contributed by atoms with E-state index in [1.807, 2.05) is 6.26 Å². The van der Waals surface area contributed by atoms with Crippen molar-refractivity contribution in [3.63, 3.8) is 0 Å². The Morgan fingerprint density at radius 2 is 2.21 bits per heavy atom. The minimum atomic E-state index is -2.54. The molecule has 5 heteroatoms. The number of nitrogens with zero attached hydrogens (tertiary/aromatic N) is 1. The second kappa shape index (κ2) is 3.35. The lowest BCUT2D eigenvalue weighted by molar-refractivity contribution is 0.112. The van der Waals surface area contributed by atoms with Gasteiger partial charge in [0.2, 0.25) is 0 Å². The van der Waals surface area contributed by atoms with Gasteiger partial charge in [-0.1, -0.05) is 11.6 Å². The Balaban J connectivity index is 2.31.